The van der Waals surface area contributed by atoms with Crippen molar-refractivity contribution in [1.82, 2.24) is 10.3 Å². The average molecular weight is 223 g/mol. The van der Waals surface area contributed by atoms with Crippen molar-refractivity contribution in [2.24, 2.45) is 0 Å². The Balaban J connectivity index is 2.65. The largest absolute Gasteiger partial charge is 0.385 e. The number of nitrogens with one attached hydrogen (secondary N) is 1. The van der Waals surface area contributed by atoms with Crippen LogP contribution in [-0.4, -0.2) is 25.2 Å². The van der Waals surface area contributed by atoms with E-state index in [1.54, 1.807) is 13.3 Å². The van der Waals surface area contributed by atoms with Gasteiger partial charge in [-0.25, -0.2) is 4.98 Å². The molecular formula is C12H21N3O. The van der Waals surface area contributed by atoms with Crippen molar-refractivity contribution < 1.29 is 4.74 Å². The summed E-state index contributed by atoms with van der Waals surface area (Å²) in [6, 6.07) is 4.23. The molecule has 0 radical (unpaired) electrons. The normalized spacial score (nSPS) is 12.6. The van der Waals surface area contributed by atoms with Crippen molar-refractivity contribution in [1.29, 1.82) is 0 Å². The van der Waals surface area contributed by atoms with Crippen molar-refractivity contribution in [3.05, 3.63) is 23.9 Å². The molecule has 1 atom stereocenters. The predicted molar refractivity (Wildman–Crippen MR) is 66.2 cm³/mol. The number of hydrogen-bond acceptors (Lipinski definition) is 4. The minimum absolute atomic E-state index is 0.272. The van der Waals surface area contributed by atoms with Crippen molar-refractivity contribution >= 4 is 5.82 Å². The van der Waals surface area contributed by atoms with E-state index in [2.05, 4.69) is 17.2 Å². The van der Waals surface area contributed by atoms with Gasteiger partial charge in [0.2, 0.25) is 0 Å². The van der Waals surface area contributed by atoms with Crippen LogP contribution >= 0.6 is 0 Å². The van der Waals surface area contributed by atoms with Crippen LogP contribution in [0, 0.1) is 0 Å². The molecule has 1 heterocycles. The quantitative estimate of drug-likeness (QED) is 0.691. The fourth-order valence-corrected chi connectivity index (χ4v) is 1.77. The van der Waals surface area contributed by atoms with Gasteiger partial charge in [-0.15, -0.1) is 0 Å². The summed E-state index contributed by atoms with van der Waals surface area (Å²) in [6.45, 7) is 3.80. The van der Waals surface area contributed by atoms with Crippen LogP contribution in [0.25, 0.3) is 0 Å². The first-order chi connectivity index (χ1) is 7.79. The summed E-state index contributed by atoms with van der Waals surface area (Å²) < 4.78 is 5.06. The Morgan fingerprint density at radius 1 is 1.56 bits per heavy atom. The number of nitrogen functional groups attached to an aromatic ring is 1. The lowest BCUT2D eigenvalue weighted by atomic mass is 10.0. The van der Waals surface area contributed by atoms with E-state index in [0.29, 0.717) is 5.82 Å². The molecule has 1 aromatic rings. The van der Waals surface area contributed by atoms with E-state index in [1.165, 1.54) is 0 Å². The number of anilines is 1. The molecule has 1 aromatic heterocycles. The summed E-state index contributed by atoms with van der Waals surface area (Å²) in [6.07, 6.45) is 3.75. The first-order valence-electron chi connectivity index (χ1n) is 5.72. The second-order valence-electron chi connectivity index (χ2n) is 3.72. The molecule has 0 fully saturated rings. The third-order valence-electron chi connectivity index (χ3n) is 2.54. The zero-order chi connectivity index (χ0) is 11.8. The van der Waals surface area contributed by atoms with E-state index in [1.807, 2.05) is 12.1 Å². The topological polar surface area (TPSA) is 60.2 Å². The molecule has 0 aliphatic rings. The zero-order valence-electron chi connectivity index (χ0n) is 10.1. The Labute approximate surface area is 97.2 Å². The molecule has 0 spiro atoms. The van der Waals surface area contributed by atoms with Crippen LogP contribution in [0.3, 0.4) is 0 Å². The number of rotatable bonds is 7. The molecule has 4 heteroatoms. The van der Waals surface area contributed by atoms with Crippen LogP contribution in [0.4, 0.5) is 5.82 Å². The number of aromatic nitrogens is 1. The summed E-state index contributed by atoms with van der Waals surface area (Å²) in [5, 5.41) is 3.42. The number of methoxy groups -OCH3 is 1. The maximum Gasteiger partial charge on any atom is 0.128 e. The van der Waals surface area contributed by atoms with Gasteiger partial charge in [0.25, 0.3) is 0 Å². The number of hydrogen-bond donors (Lipinski definition) is 2. The standard InChI is InChI=1S/C12H21N3O/c1-3-14-11(7-5-9-16-2)10-6-4-8-15-12(10)13/h4,6,8,11,14H,3,5,7,9H2,1-2H3,(H2,13,15). The molecule has 3 N–H and O–H groups in total. The fraction of sp³-hybridized carbons (Fsp3) is 0.583. The molecule has 1 rings (SSSR count). The zero-order valence-corrected chi connectivity index (χ0v) is 10.1. The average Bonchev–Trinajstić information content (AvgIpc) is 2.29. The molecule has 0 aliphatic heterocycles. The molecule has 0 saturated heterocycles. The molecule has 4 nitrogen and oxygen atoms in total. The van der Waals surface area contributed by atoms with Crippen molar-refractivity contribution in [3.63, 3.8) is 0 Å². The van der Waals surface area contributed by atoms with E-state index in [9.17, 15) is 0 Å². The van der Waals surface area contributed by atoms with E-state index in [-0.39, 0.29) is 6.04 Å². The van der Waals surface area contributed by atoms with Gasteiger partial charge in [-0.05, 0) is 25.5 Å². The van der Waals surface area contributed by atoms with E-state index in [4.69, 9.17) is 10.5 Å². The van der Waals surface area contributed by atoms with Gasteiger partial charge in [-0.3, -0.25) is 0 Å². The van der Waals surface area contributed by atoms with Gasteiger partial charge in [0, 0.05) is 31.5 Å². The van der Waals surface area contributed by atoms with Gasteiger partial charge < -0.3 is 15.8 Å². The predicted octanol–water partition coefficient (Wildman–Crippen LogP) is 1.74. The van der Waals surface area contributed by atoms with E-state index < -0.39 is 0 Å². The third-order valence-corrected chi connectivity index (χ3v) is 2.54. The molecule has 0 bridgehead atoms. The molecule has 16 heavy (non-hydrogen) atoms. The lowest BCUT2D eigenvalue weighted by Crippen LogP contribution is -2.22. The monoisotopic (exact) mass is 223 g/mol. The Morgan fingerprint density at radius 2 is 2.38 bits per heavy atom. The maximum absolute atomic E-state index is 5.87. The first kappa shape index (κ1) is 12.9. The van der Waals surface area contributed by atoms with Crippen LogP contribution in [-0.2, 0) is 4.74 Å². The van der Waals surface area contributed by atoms with Crippen molar-refractivity contribution in [2.45, 2.75) is 25.8 Å². The number of nitrogens with zero attached hydrogens (tertiary/aromatic N) is 1. The molecule has 0 amide bonds. The summed E-state index contributed by atoms with van der Waals surface area (Å²) in [5.74, 6) is 0.617. The summed E-state index contributed by atoms with van der Waals surface area (Å²) >= 11 is 0. The first-order valence-corrected chi connectivity index (χ1v) is 5.72. The summed E-state index contributed by atoms with van der Waals surface area (Å²) in [4.78, 5) is 4.12. The van der Waals surface area contributed by atoms with Gasteiger partial charge >= 0.3 is 0 Å². The number of pyridine rings is 1. The molecular weight excluding hydrogens is 202 g/mol. The Bertz CT molecular complexity index is 304. The van der Waals surface area contributed by atoms with Gasteiger partial charge in [0.05, 0.1) is 0 Å². The van der Waals surface area contributed by atoms with Gasteiger partial charge in [0.1, 0.15) is 5.82 Å². The van der Waals surface area contributed by atoms with Gasteiger partial charge in [-0.2, -0.15) is 0 Å². The molecule has 0 aliphatic carbocycles. The SMILES string of the molecule is CCNC(CCCOC)c1cccnc1N. The van der Waals surface area contributed by atoms with Gasteiger partial charge in [0.15, 0.2) is 0 Å². The smallest absolute Gasteiger partial charge is 0.128 e. The lowest BCUT2D eigenvalue weighted by molar-refractivity contribution is 0.189. The Morgan fingerprint density at radius 3 is 3.00 bits per heavy atom. The van der Waals surface area contributed by atoms with Gasteiger partial charge in [-0.1, -0.05) is 13.0 Å². The Kier molecular flexibility index (Phi) is 5.82. The third kappa shape index (κ3) is 3.79. The van der Waals surface area contributed by atoms with Crippen LogP contribution in [0.1, 0.15) is 31.4 Å². The highest BCUT2D eigenvalue weighted by atomic mass is 16.5. The van der Waals surface area contributed by atoms with Crippen molar-refractivity contribution in [2.75, 3.05) is 26.0 Å². The molecule has 1 unspecified atom stereocenters. The van der Waals surface area contributed by atoms with E-state index in [0.717, 1.165) is 31.6 Å². The number of nitrogens with two attached hydrogens (primary N) is 1. The highest BCUT2D eigenvalue weighted by molar-refractivity contribution is 5.40. The number of ether oxygens (including phenoxy) is 1. The lowest BCUT2D eigenvalue weighted by Gasteiger charge is -2.19. The maximum atomic E-state index is 5.87. The second-order valence-corrected chi connectivity index (χ2v) is 3.72. The minimum Gasteiger partial charge on any atom is -0.385 e. The van der Waals surface area contributed by atoms with Crippen molar-refractivity contribution in [3.8, 4) is 0 Å². The molecule has 0 saturated carbocycles. The molecule has 90 valence electrons. The van der Waals surface area contributed by atoms with E-state index >= 15 is 0 Å². The van der Waals surface area contributed by atoms with Crippen LogP contribution in [0.5, 0.6) is 0 Å². The summed E-state index contributed by atoms with van der Waals surface area (Å²) in [7, 11) is 1.72. The Hall–Kier alpha value is -1.13. The van der Waals surface area contributed by atoms with Crippen LogP contribution < -0.4 is 11.1 Å². The molecule has 0 aromatic carbocycles. The highest BCUT2D eigenvalue weighted by Gasteiger charge is 2.12. The van der Waals surface area contributed by atoms with Crippen LogP contribution in [0.15, 0.2) is 18.3 Å². The minimum atomic E-state index is 0.272. The van der Waals surface area contributed by atoms with Crippen LogP contribution in [0.2, 0.25) is 0 Å². The highest BCUT2D eigenvalue weighted by Crippen LogP contribution is 2.22. The fourth-order valence-electron chi connectivity index (χ4n) is 1.77. The second kappa shape index (κ2) is 7.19. The summed E-state index contributed by atoms with van der Waals surface area (Å²) in [5.41, 5.74) is 6.96.